The smallest absolute Gasteiger partial charge is 0.240 e. The van der Waals surface area contributed by atoms with Gasteiger partial charge in [-0.25, -0.2) is 17.5 Å². The zero-order chi connectivity index (χ0) is 24.7. The average Bonchev–Trinajstić information content (AvgIpc) is 3.04. The number of halogens is 2. The lowest BCUT2D eigenvalue weighted by molar-refractivity contribution is 0.238. The molecular weight excluding hydrogens is 491 g/mol. The molecule has 1 saturated heterocycles. The van der Waals surface area contributed by atoms with E-state index < -0.39 is 15.8 Å². The minimum Gasteiger partial charge on any atom is -0.490 e. The Kier molecular flexibility index (Phi) is 9.02. The molecule has 0 saturated carbocycles. The van der Waals surface area contributed by atoms with Crippen LogP contribution in [0.15, 0.2) is 47.5 Å². The van der Waals surface area contributed by atoms with Crippen LogP contribution in [0.1, 0.15) is 24.8 Å². The predicted molar refractivity (Wildman–Crippen MR) is 137 cm³/mol. The third-order valence-electron chi connectivity index (χ3n) is 6.17. The summed E-state index contributed by atoms with van der Waals surface area (Å²) in [5.41, 5.74) is 2.06. The van der Waals surface area contributed by atoms with Crippen LogP contribution in [0.2, 0.25) is 5.02 Å². The van der Waals surface area contributed by atoms with Gasteiger partial charge in [0.2, 0.25) is 10.0 Å². The van der Waals surface area contributed by atoms with Gasteiger partial charge in [0.05, 0.1) is 11.5 Å². The van der Waals surface area contributed by atoms with Crippen LogP contribution >= 0.6 is 11.6 Å². The monoisotopic (exact) mass is 522 g/mol. The molecule has 0 amide bonds. The van der Waals surface area contributed by atoms with E-state index >= 15 is 0 Å². The second kappa shape index (κ2) is 12.2. The Labute approximate surface area is 211 Å². The number of nitrogens with zero attached hydrogens (tertiary/aromatic N) is 1. The zero-order valence-corrected chi connectivity index (χ0v) is 21.2. The van der Waals surface area contributed by atoms with E-state index in [-0.39, 0.29) is 17.2 Å². The molecule has 7 nitrogen and oxygen atoms in total. The summed E-state index contributed by atoms with van der Waals surface area (Å²) in [4.78, 5) is 5.45. The van der Waals surface area contributed by atoms with Crippen LogP contribution in [0.4, 0.5) is 4.39 Å². The molecular formula is C25H32ClFN4O3S. The van der Waals surface area contributed by atoms with Crippen LogP contribution in [0, 0.1) is 5.82 Å². The molecule has 190 valence electrons. The van der Waals surface area contributed by atoms with Crippen LogP contribution in [-0.4, -0.2) is 64.2 Å². The van der Waals surface area contributed by atoms with Crippen molar-refractivity contribution >= 4 is 32.5 Å². The molecule has 1 aromatic heterocycles. The first-order valence-corrected chi connectivity index (χ1v) is 13.9. The van der Waals surface area contributed by atoms with Gasteiger partial charge in [0, 0.05) is 48.3 Å². The fourth-order valence-electron chi connectivity index (χ4n) is 4.29. The van der Waals surface area contributed by atoms with Crippen molar-refractivity contribution in [2.45, 2.75) is 30.6 Å². The van der Waals surface area contributed by atoms with E-state index in [0.717, 1.165) is 68.1 Å². The normalized spacial score (nSPS) is 15.4. The lowest BCUT2D eigenvalue weighted by Crippen LogP contribution is -2.29. The number of aromatic amines is 1. The Hall–Kier alpha value is -2.17. The van der Waals surface area contributed by atoms with Crippen molar-refractivity contribution in [3.05, 3.63) is 59.0 Å². The number of sulfonamides is 1. The summed E-state index contributed by atoms with van der Waals surface area (Å²) in [5.74, 6) is -0.609. The van der Waals surface area contributed by atoms with Gasteiger partial charge in [0.15, 0.2) is 11.6 Å². The summed E-state index contributed by atoms with van der Waals surface area (Å²) in [7, 11) is -3.82. The van der Waals surface area contributed by atoms with Crippen molar-refractivity contribution in [1.82, 2.24) is 19.9 Å². The number of aromatic nitrogens is 1. The molecule has 1 aliphatic heterocycles. The number of aryl methyl sites for hydroxylation is 1. The summed E-state index contributed by atoms with van der Waals surface area (Å²) in [5, 5.41) is 5.05. The molecule has 10 heteroatoms. The number of hydrogen-bond acceptors (Lipinski definition) is 5. The van der Waals surface area contributed by atoms with Crippen LogP contribution in [-0.2, 0) is 16.4 Å². The molecule has 3 N–H and O–H groups in total. The fraction of sp³-hybridized carbons (Fsp3) is 0.440. The number of fused-ring (bicyclic) bond motifs is 1. The highest BCUT2D eigenvalue weighted by atomic mass is 35.5. The second-order valence-corrected chi connectivity index (χ2v) is 10.9. The van der Waals surface area contributed by atoms with Crippen molar-refractivity contribution in [1.29, 1.82) is 0 Å². The Morgan fingerprint density at radius 1 is 1.11 bits per heavy atom. The number of nitrogens with one attached hydrogen (secondary N) is 3. The first kappa shape index (κ1) is 25.9. The summed E-state index contributed by atoms with van der Waals surface area (Å²) in [6.07, 6.45) is 5.09. The average molecular weight is 523 g/mol. The number of benzene rings is 2. The molecule has 0 spiro atoms. The van der Waals surface area contributed by atoms with Gasteiger partial charge in [0.1, 0.15) is 0 Å². The van der Waals surface area contributed by atoms with Gasteiger partial charge in [0.25, 0.3) is 0 Å². The summed E-state index contributed by atoms with van der Waals surface area (Å²) >= 11 is 6.08. The van der Waals surface area contributed by atoms with Crippen LogP contribution in [0.5, 0.6) is 5.75 Å². The van der Waals surface area contributed by atoms with Crippen molar-refractivity contribution in [3.63, 3.8) is 0 Å². The van der Waals surface area contributed by atoms with Crippen LogP contribution < -0.4 is 14.8 Å². The first-order chi connectivity index (χ1) is 16.9. The molecule has 2 aromatic carbocycles. The summed E-state index contributed by atoms with van der Waals surface area (Å²) in [6, 6.07) is 9.41. The SMILES string of the molecule is O=S(=O)(NCCCc1c[nH]c2ccc(Cl)cc12)c1ccc(OCCCN2CCCNCC2)c(F)c1. The summed E-state index contributed by atoms with van der Waals surface area (Å²) < 4.78 is 47.9. The standard InChI is InChI=1S/C25H32ClFN4O3S/c26-20-5-7-24-22(16-20)19(18-29-24)4-1-10-30-35(32,33)21-6-8-25(23(27)17-21)34-15-3-13-31-12-2-9-28-11-14-31/h5-8,16-18,28-30H,1-4,9-15H2. The molecule has 0 bridgehead atoms. The van der Waals surface area contributed by atoms with Gasteiger partial charge in [-0.15, -0.1) is 0 Å². The lowest BCUT2D eigenvalue weighted by atomic mass is 10.1. The highest BCUT2D eigenvalue weighted by Crippen LogP contribution is 2.24. The van der Waals surface area contributed by atoms with Crippen molar-refractivity contribution in [3.8, 4) is 5.75 Å². The highest BCUT2D eigenvalue weighted by Gasteiger charge is 2.17. The molecule has 35 heavy (non-hydrogen) atoms. The molecule has 3 aromatic rings. The molecule has 2 heterocycles. The Morgan fingerprint density at radius 2 is 2.00 bits per heavy atom. The summed E-state index contributed by atoms with van der Waals surface area (Å²) in [6.45, 7) is 5.59. The van der Waals surface area contributed by atoms with Gasteiger partial charge < -0.3 is 19.9 Å². The first-order valence-electron chi connectivity index (χ1n) is 12.0. The number of rotatable bonds is 11. The molecule has 0 unspecified atom stereocenters. The van der Waals surface area contributed by atoms with E-state index in [1.54, 1.807) is 0 Å². The number of H-pyrrole nitrogens is 1. The van der Waals surface area contributed by atoms with Gasteiger partial charge >= 0.3 is 0 Å². The van der Waals surface area contributed by atoms with E-state index in [4.69, 9.17) is 16.3 Å². The zero-order valence-electron chi connectivity index (χ0n) is 19.7. The van der Waals surface area contributed by atoms with E-state index in [1.807, 2.05) is 24.4 Å². The van der Waals surface area contributed by atoms with Crippen molar-refractivity contribution in [2.75, 3.05) is 45.9 Å². The lowest BCUT2D eigenvalue weighted by Gasteiger charge is -2.19. The van der Waals surface area contributed by atoms with Crippen molar-refractivity contribution < 1.29 is 17.5 Å². The maximum Gasteiger partial charge on any atom is 0.240 e. The molecule has 4 rings (SSSR count). The Morgan fingerprint density at radius 3 is 2.86 bits per heavy atom. The van der Waals surface area contributed by atoms with Crippen molar-refractivity contribution in [2.24, 2.45) is 0 Å². The number of ether oxygens (including phenoxy) is 1. The third kappa shape index (κ3) is 7.17. The quantitative estimate of drug-likeness (QED) is 0.332. The van der Waals surface area contributed by atoms with Gasteiger partial charge in [-0.2, -0.15) is 0 Å². The maximum absolute atomic E-state index is 14.5. The van der Waals surface area contributed by atoms with E-state index in [0.29, 0.717) is 24.5 Å². The Balaban J connectivity index is 1.23. The molecule has 1 fully saturated rings. The van der Waals surface area contributed by atoms with E-state index in [1.165, 1.54) is 12.1 Å². The van der Waals surface area contributed by atoms with Crippen LogP contribution in [0.3, 0.4) is 0 Å². The van der Waals surface area contributed by atoms with Crippen LogP contribution in [0.25, 0.3) is 10.9 Å². The molecule has 0 atom stereocenters. The van der Waals surface area contributed by atoms with Gasteiger partial charge in [-0.3, -0.25) is 0 Å². The second-order valence-electron chi connectivity index (χ2n) is 8.74. The molecule has 1 aliphatic rings. The largest absolute Gasteiger partial charge is 0.490 e. The Bertz CT molecular complexity index is 1230. The third-order valence-corrected chi connectivity index (χ3v) is 7.86. The number of hydrogen-bond donors (Lipinski definition) is 3. The maximum atomic E-state index is 14.5. The minimum atomic E-state index is -3.82. The minimum absolute atomic E-state index is 0.0690. The fourth-order valence-corrected chi connectivity index (χ4v) is 5.55. The topological polar surface area (TPSA) is 86.5 Å². The van der Waals surface area contributed by atoms with E-state index in [9.17, 15) is 12.8 Å². The molecule has 0 aliphatic carbocycles. The van der Waals surface area contributed by atoms with Gasteiger partial charge in [-0.1, -0.05) is 11.6 Å². The molecule has 0 radical (unpaired) electrons. The predicted octanol–water partition coefficient (Wildman–Crippen LogP) is 3.94. The van der Waals surface area contributed by atoms with Gasteiger partial charge in [-0.05, 0) is 80.7 Å². The van der Waals surface area contributed by atoms with E-state index in [2.05, 4.69) is 19.9 Å². The highest BCUT2D eigenvalue weighted by molar-refractivity contribution is 7.89.